The molecular weight excluding hydrogens is 326 g/mol. The molecule has 6 nitrogen and oxygen atoms in total. The lowest BCUT2D eigenvalue weighted by molar-refractivity contribution is -0.115. The number of para-hydroxylation sites is 2. The summed E-state index contributed by atoms with van der Waals surface area (Å²) < 4.78 is 28.0. The molecule has 0 saturated heterocycles. The standard InChI is InChI=1S/C17H17N3O3S/c1-11-6-5-7-12(2)17(11)19-16(21)10-15-18-13-8-3-4-9-14(13)24(22,23)20-15/h3-9H,10H2,1-2H3,(H,18,20)(H,19,21). The molecule has 1 amide bonds. The molecule has 0 aromatic heterocycles. The minimum atomic E-state index is -3.78. The third kappa shape index (κ3) is 3.16. The molecular formula is C17H17N3O3S. The summed E-state index contributed by atoms with van der Waals surface area (Å²) in [6.07, 6.45) is -0.151. The van der Waals surface area contributed by atoms with Crippen LogP contribution in [0.3, 0.4) is 0 Å². The van der Waals surface area contributed by atoms with Crippen LogP contribution >= 0.6 is 0 Å². The average molecular weight is 343 g/mol. The molecule has 3 rings (SSSR count). The highest BCUT2D eigenvalue weighted by Crippen LogP contribution is 2.27. The second kappa shape index (κ2) is 6.09. The molecule has 1 aliphatic rings. The second-order valence-electron chi connectivity index (χ2n) is 5.63. The van der Waals surface area contributed by atoms with Gasteiger partial charge in [0, 0.05) is 5.69 Å². The number of amides is 1. The lowest BCUT2D eigenvalue weighted by Gasteiger charge is -2.18. The first-order chi connectivity index (χ1) is 11.4. The minimum absolute atomic E-state index is 0.109. The maximum atomic E-state index is 12.3. The van der Waals surface area contributed by atoms with Crippen LogP contribution in [-0.4, -0.2) is 20.2 Å². The van der Waals surface area contributed by atoms with Gasteiger partial charge >= 0.3 is 0 Å². The van der Waals surface area contributed by atoms with Crippen LogP contribution in [0.2, 0.25) is 0 Å². The van der Waals surface area contributed by atoms with Crippen molar-refractivity contribution in [3.05, 3.63) is 53.6 Å². The quantitative estimate of drug-likeness (QED) is 0.897. The fourth-order valence-electron chi connectivity index (χ4n) is 2.59. The van der Waals surface area contributed by atoms with Crippen molar-refractivity contribution in [2.45, 2.75) is 25.2 Å². The molecule has 24 heavy (non-hydrogen) atoms. The Morgan fingerprint density at radius 1 is 1.08 bits per heavy atom. The summed E-state index contributed by atoms with van der Waals surface area (Å²) in [5.74, 6) is -0.217. The van der Waals surface area contributed by atoms with Crippen LogP contribution in [0.1, 0.15) is 17.5 Å². The van der Waals surface area contributed by atoms with E-state index in [1.165, 1.54) is 6.07 Å². The Balaban J connectivity index is 1.80. The van der Waals surface area contributed by atoms with Gasteiger partial charge in [0.2, 0.25) is 5.91 Å². The Morgan fingerprint density at radius 3 is 2.46 bits per heavy atom. The largest absolute Gasteiger partial charge is 0.341 e. The fourth-order valence-corrected chi connectivity index (χ4v) is 3.74. The minimum Gasteiger partial charge on any atom is -0.341 e. The monoisotopic (exact) mass is 343 g/mol. The van der Waals surface area contributed by atoms with Gasteiger partial charge < -0.3 is 10.6 Å². The average Bonchev–Trinajstić information content (AvgIpc) is 2.50. The number of aryl methyl sites for hydroxylation is 2. The number of nitrogens with one attached hydrogen (secondary N) is 2. The Bertz CT molecular complexity index is 929. The molecule has 7 heteroatoms. The second-order valence-corrected chi connectivity index (χ2v) is 7.20. The lowest BCUT2D eigenvalue weighted by Crippen LogP contribution is -2.26. The number of anilines is 2. The smallest absolute Gasteiger partial charge is 0.286 e. The number of sulfonamides is 1. The molecule has 124 valence electrons. The first-order valence-corrected chi connectivity index (χ1v) is 8.87. The highest BCUT2D eigenvalue weighted by atomic mass is 32.2. The number of hydrogen-bond acceptors (Lipinski definition) is 4. The molecule has 0 atom stereocenters. The first-order valence-electron chi connectivity index (χ1n) is 7.43. The maximum absolute atomic E-state index is 12.3. The van der Waals surface area contributed by atoms with Crippen LogP contribution in [-0.2, 0) is 14.8 Å². The van der Waals surface area contributed by atoms with Crippen molar-refractivity contribution in [1.29, 1.82) is 0 Å². The predicted octanol–water partition coefficient (Wildman–Crippen LogP) is 2.84. The summed E-state index contributed by atoms with van der Waals surface area (Å²) in [6.45, 7) is 3.80. The van der Waals surface area contributed by atoms with Crippen LogP contribution in [0.15, 0.2) is 51.8 Å². The Hall–Kier alpha value is -2.67. The Morgan fingerprint density at radius 2 is 1.75 bits per heavy atom. The van der Waals surface area contributed by atoms with E-state index in [9.17, 15) is 13.2 Å². The van der Waals surface area contributed by atoms with Gasteiger partial charge in [0.05, 0.1) is 12.1 Å². The zero-order chi connectivity index (χ0) is 17.3. The van der Waals surface area contributed by atoms with Gasteiger partial charge in [-0.3, -0.25) is 4.79 Å². The number of fused-ring (bicyclic) bond motifs is 1. The van der Waals surface area contributed by atoms with E-state index in [0.29, 0.717) is 5.69 Å². The van der Waals surface area contributed by atoms with Crippen LogP contribution in [0.4, 0.5) is 11.4 Å². The molecule has 2 aromatic rings. The molecule has 0 fully saturated rings. The predicted molar refractivity (Wildman–Crippen MR) is 93.8 cm³/mol. The fraction of sp³-hybridized carbons (Fsp3) is 0.176. The van der Waals surface area contributed by atoms with Crippen LogP contribution in [0, 0.1) is 13.8 Å². The summed E-state index contributed by atoms with van der Waals surface area (Å²) in [6, 6.07) is 12.2. The van der Waals surface area contributed by atoms with Gasteiger partial charge in [0.1, 0.15) is 10.7 Å². The van der Waals surface area contributed by atoms with E-state index in [4.69, 9.17) is 0 Å². The molecule has 2 N–H and O–H groups in total. The summed E-state index contributed by atoms with van der Waals surface area (Å²) in [7, 11) is -3.78. The van der Waals surface area contributed by atoms with Gasteiger partial charge in [-0.1, -0.05) is 30.3 Å². The lowest BCUT2D eigenvalue weighted by atomic mass is 10.1. The van der Waals surface area contributed by atoms with E-state index in [1.807, 2.05) is 32.0 Å². The van der Waals surface area contributed by atoms with E-state index in [-0.39, 0.29) is 23.1 Å². The summed E-state index contributed by atoms with van der Waals surface area (Å²) in [5, 5.41) is 5.73. The van der Waals surface area contributed by atoms with Crippen LogP contribution in [0.5, 0.6) is 0 Å². The number of hydrogen-bond donors (Lipinski definition) is 2. The van der Waals surface area contributed by atoms with E-state index in [0.717, 1.165) is 16.8 Å². The number of benzene rings is 2. The van der Waals surface area contributed by atoms with Crippen molar-refractivity contribution in [3.8, 4) is 0 Å². The van der Waals surface area contributed by atoms with Gasteiger partial charge in [-0.2, -0.15) is 8.42 Å². The molecule has 0 radical (unpaired) electrons. The normalized spacial score (nSPS) is 15.0. The van der Waals surface area contributed by atoms with Crippen LogP contribution in [0.25, 0.3) is 0 Å². The number of carbonyl (C=O) groups is 1. The molecule has 0 bridgehead atoms. The van der Waals surface area contributed by atoms with Gasteiger partial charge in [-0.15, -0.1) is 4.40 Å². The molecule has 0 unspecified atom stereocenters. The molecule has 1 aliphatic heterocycles. The van der Waals surface area contributed by atoms with Crippen LogP contribution < -0.4 is 10.6 Å². The van der Waals surface area contributed by atoms with Crippen molar-refractivity contribution < 1.29 is 13.2 Å². The zero-order valence-corrected chi connectivity index (χ0v) is 14.1. The van der Waals surface area contributed by atoms with Gasteiger partial charge in [-0.25, -0.2) is 0 Å². The number of rotatable bonds is 3. The van der Waals surface area contributed by atoms with E-state index in [1.54, 1.807) is 18.2 Å². The highest BCUT2D eigenvalue weighted by molar-refractivity contribution is 7.90. The topological polar surface area (TPSA) is 87.6 Å². The SMILES string of the molecule is Cc1cccc(C)c1NC(=O)CC1=NS(=O)(=O)c2ccccc2N1. The maximum Gasteiger partial charge on any atom is 0.286 e. The van der Waals surface area contributed by atoms with Gasteiger partial charge in [0.25, 0.3) is 10.0 Å². The van der Waals surface area contributed by atoms with E-state index >= 15 is 0 Å². The van der Waals surface area contributed by atoms with Crippen molar-refractivity contribution >= 4 is 33.1 Å². The zero-order valence-electron chi connectivity index (χ0n) is 13.3. The Labute approximate surface area is 140 Å². The summed E-state index contributed by atoms with van der Waals surface area (Å²) >= 11 is 0. The highest BCUT2D eigenvalue weighted by Gasteiger charge is 2.25. The molecule has 1 heterocycles. The number of amidine groups is 1. The van der Waals surface area contributed by atoms with Crippen molar-refractivity contribution in [3.63, 3.8) is 0 Å². The third-order valence-corrected chi connectivity index (χ3v) is 5.12. The van der Waals surface area contributed by atoms with E-state index < -0.39 is 10.0 Å². The number of carbonyl (C=O) groups excluding carboxylic acids is 1. The third-order valence-electron chi connectivity index (χ3n) is 3.75. The Kier molecular flexibility index (Phi) is 4.11. The molecule has 0 aliphatic carbocycles. The van der Waals surface area contributed by atoms with Gasteiger partial charge in [0.15, 0.2) is 0 Å². The van der Waals surface area contributed by atoms with E-state index in [2.05, 4.69) is 15.0 Å². The van der Waals surface area contributed by atoms with Crippen molar-refractivity contribution in [2.75, 3.05) is 10.6 Å². The summed E-state index contributed by atoms with van der Waals surface area (Å²) in [5.41, 5.74) is 3.06. The molecule has 0 saturated carbocycles. The first kappa shape index (κ1) is 16.2. The molecule has 2 aromatic carbocycles. The number of nitrogens with zero attached hydrogens (tertiary/aromatic N) is 1. The molecule has 0 spiro atoms. The summed E-state index contributed by atoms with van der Waals surface area (Å²) in [4.78, 5) is 12.4. The van der Waals surface area contributed by atoms with Crippen molar-refractivity contribution in [1.82, 2.24) is 0 Å². The van der Waals surface area contributed by atoms with Crippen molar-refractivity contribution in [2.24, 2.45) is 4.40 Å². The van der Waals surface area contributed by atoms with Gasteiger partial charge in [-0.05, 0) is 37.1 Å².